The molecule has 1 saturated heterocycles. The number of nitrogens with zero attached hydrogens (tertiary/aromatic N) is 6. The molecule has 0 bridgehead atoms. The Morgan fingerprint density at radius 2 is 1.94 bits per heavy atom. The molecule has 0 saturated carbocycles. The highest BCUT2D eigenvalue weighted by Crippen LogP contribution is 2.34. The van der Waals surface area contributed by atoms with Gasteiger partial charge in [0.2, 0.25) is 5.95 Å². The second-order valence-electron chi connectivity index (χ2n) is 8.86. The molecule has 2 aromatic heterocycles. The molecule has 33 heavy (non-hydrogen) atoms. The van der Waals surface area contributed by atoms with E-state index in [4.69, 9.17) is 14.5 Å². The highest BCUT2D eigenvalue weighted by molar-refractivity contribution is 5.77. The Balaban J connectivity index is 1.60. The lowest BCUT2D eigenvalue weighted by molar-refractivity contribution is 0.0361. The fourth-order valence-corrected chi connectivity index (χ4v) is 4.76. The first-order valence-electron chi connectivity index (χ1n) is 11.4. The number of fused-ring (bicyclic) bond motifs is 3. The molecule has 2 aliphatic heterocycles. The van der Waals surface area contributed by atoms with E-state index in [1.165, 1.54) is 9.13 Å². The van der Waals surface area contributed by atoms with Crippen molar-refractivity contribution in [1.29, 1.82) is 0 Å². The van der Waals surface area contributed by atoms with Crippen LogP contribution in [0.5, 0.6) is 5.75 Å². The Kier molecular flexibility index (Phi) is 5.71. The molecule has 1 fully saturated rings. The maximum atomic E-state index is 13.6. The largest absolute Gasteiger partial charge is 0.497 e. The molecule has 0 spiro atoms. The Labute approximate surface area is 191 Å². The van der Waals surface area contributed by atoms with Gasteiger partial charge in [0.25, 0.3) is 5.56 Å². The molecule has 1 aromatic carbocycles. The number of benzene rings is 1. The zero-order valence-corrected chi connectivity index (χ0v) is 19.4. The topological polar surface area (TPSA) is 86.8 Å². The summed E-state index contributed by atoms with van der Waals surface area (Å²) in [4.78, 5) is 35.8. The van der Waals surface area contributed by atoms with Gasteiger partial charge in [-0.1, -0.05) is 13.0 Å². The monoisotopic (exact) mass is 454 g/mol. The SMILES string of the molecule is COc1cccc(N2C[C@@H](C)Cn3c2nc2c3c(=O)n(CCN3CCOCC3)c(=O)n2C)c1. The molecule has 1 atom stereocenters. The van der Waals surface area contributed by atoms with Crippen LogP contribution in [0.25, 0.3) is 11.2 Å². The number of imidazole rings is 1. The van der Waals surface area contributed by atoms with Crippen molar-refractivity contribution in [2.24, 2.45) is 13.0 Å². The quantitative estimate of drug-likeness (QED) is 0.569. The van der Waals surface area contributed by atoms with Gasteiger partial charge in [-0.25, -0.2) is 4.79 Å². The van der Waals surface area contributed by atoms with Crippen molar-refractivity contribution in [1.82, 2.24) is 23.6 Å². The van der Waals surface area contributed by atoms with E-state index in [1.807, 2.05) is 28.8 Å². The molecule has 10 heteroatoms. The van der Waals surface area contributed by atoms with Crippen LogP contribution in [0.2, 0.25) is 0 Å². The van der Waals surface area contributed by atoms with Crippen LogP contribution in [0, 0.1) is 5.92 Å². The van der Waals surface area contributed by atoms with Gasteiger partial charge in [-0.15, -0.1) is 0 Å². The van der Waals surface area contributed by atoms with Crippen molar-refractivity contribution in [3.8, 4) is 5.75 Å². The van der Waals surface area contributed by atoms with Crippen LogP contribution >= 0.6 is 0 Å². The van der Waals surface area contributed by atoms with Gasteiger partial charge >= 0.3 is 5.69 Å². The van der Waals surface area contributed by atoms with E-state index >= 15 is 0 Å². The average Bonchev–Trinajstić information content (AvgIpc) is 3.22. The number of methoxy groups -OCH3 is 1. The number of hydrogen-bond acceptors (Lipinski definition) is 7. The van der Waals surface area contributed by atoms with Crippen LogP contribution in [-0.2, 0) is 24.9 Å². The zero-order chi connectivity index (χ0) is 23.1. The summed E-state index contributed by atoms with van der Waals surface area (Å²) in [5.74, 6) is 1.72. The van der Waals surface area contributed by atoms with Crippen molar-refractivity contribution in [3.05, 3.63) is 45.1 Å². The first-order chi connectivity index (χ1) is 16.0. The summed E-state index contributed by atoms with van der Waals surface area (Å²) in [5.41, 5.74) is 1.23. The Hall–Kier alpha value is -3.11. The van der Waals surface area contributed by atoms with Gasteiger partial charge in [0, 0.05) is 58.1 Å². The number of anilines is 2. The third-order valence-corrected chi connectivity index (χ3v) is 6.55. The van der Waals surface area contributed by atoms with Gasteiger partial charge < -0.3 is 18.9 Å². The second kappa shape index (κ2) is 8.68. The lowest BCUT2D eigenvalue weighted by atomic mass is 10.1. The molecule has 2 aliphatic rings. The van der Waals surface area contributed by atoms with Gasteiger partial charge in [-0.05, 0) is 18.1 Å². The number of morpholine rings is 1. The van der Waals surface area contributed by atoms with E-state index in [0.29, 0.717) is 55.9 Å². The average molecular weight is 455 g/mol. The molecule has 0 amide bonds. The lowest BCUT2D eigenvalue weighted by Crippen LogP contribution is -2.44. The summed E-state index contributed by atoms with van der Waals surface area (Å²) in [6.07, 6.45) is 0. The van der Waals surface area contributed by atoms with Gasteiger partial charge in [0.15, 0.2) is 11.2 Å². The van der Waals surface area contributed by atoms with Crippen LogP contribution in [0.1, 0.15) is 6.92 Å². The van der Waals surface area contributed by atoms with Gasteiger partial charge in [0.1, 0.15) is 5.75 Å². The number of ether oxygens (including phenoxy) is 2. The van der Waals surface area contributed by atoms with Crippen LogP contribution in [0.4, 0.5) is 11.6 Å². The fourth-order valence-electron chi connectivity index (χ4n) is 4.76. The van der Waals surface area contributed by atoms with Crippen LogP contribution < -0.4 is 20.9 Å². The Morgan fingerprint density at radius 3 is 2.70 bits per heavy atom. The lowest BCUT2D eigenvalue weighted by Gasteiger charge is -2.33. The van der Waals surface area contributed by atoms with Gasteiger partial charge in [-0.2, -0.15) is 4.98 Å². The van der Waals surface area contributed by atoms with Crippen molar-refractivity contribution < 1.29 is 9.47 Å². The molecular formula is C23H30N6O4. The van der Waals surface area contributed by atoms with Gasteiger partial charge in [0.05, 0.1) is 20.3 Å². The third-order valence-electron chi connectivity index (χ3n) is 6.55. The summed E-state index contributed by atoms with van der Waals surface area (Å²) in [6.45, 7) is 7.55. The predicted molar refractivity (Wildman–Crippen MR) is 126 cm³/mol. The van der Waals surface area contributed by atoms with Crippen LogP contribution in [0.15, 0.2) is 33.9 Å². The number of aromatic nitrogens is 4. The standard InChI is InChI=1S/C23H30N6O4/c1-16-14-28(17-5-4-6-18(13-17)32-3)22-24-20-19(29(22)15-16)21(30)27(23(31)25(20)2)8-7-26-9-11-33-12-10-26/h4-6,13,16H,7-12,14-15H2,1-3H3/t16-/m1/s1. The highest BCUT2D eigenvalue weighted by atomic mass is 16.5. The van der Waals surface area contributed by atoms with E-state index in [0.717, 1.165) is 31.1 Å². The van der Waals surface area contributed by atoms with Crippen molar-refractivity contribution >= 4 is 22.8 Å². The van der Waals surface area contributed by atoms with E-state index in [2.05, 4.69) is 16.7 Å². The maximum Gasteiger partial charge on any atom is 0.332 e. The van der Waals surface area contributed by atoms with Gasteiger partial charge in [-0.3, -0.25) is 18.8 Å². The molecule has 0 radical (unpaired) electrons. The predicted octanol–water partition coefficient (Wildman–Crippen LogP) is 1.03. The smallest absolute Gasteiger partial charge is 0.332 e. The molecule has 0 unspecified atom stereocenters. The molecule has 176 valence electrons. The molecular weight excluding hydrogens is 424 g/mol. The molecule has 5 rings (SSSR count). The minimum atomic E-state index is -0.336. The first kappa shape index (κ1) is 21.7. The molecule has 0 N–H and O–H groups in total. The summed E-state index contributed by atoms with van der Waals surface area (Å²) in [6, 6.07) is 7.80. The number of hydrogen-bond donors (Lipinski definition) is 0. The fraction of sp³-hybridized carbons (Fsp3) is 0.522. The summed E-state index contributed by atoms with van der Waals surface area (Å²) < 4.78 is 15.6. The second-order valence-corrected chi connectivity index (χ2v) is 8.86. The molecule has 10 nitrogen and oxygen atoms in total. The number of aryl methyl sites for hydroxylation is 1. The van der Waals surface area contributed by atoms with Crippen molar-refractivity contribution in [2.75, 3.05) is 51.4 Å². The first-order valence-corrected chi connectivity index (χ1v) is 11.4. The van der Waals surface area contributed by atoms with E-state index in [9.17, 15) is 9.59 Å². The minimum absolute atomic E-state index is 0.278. The molecule has 3 aromatic rings. The third kappa shape index (κ3) is 3.83. The van der Waals surface area contributed by atoms with Crippen LogP contribution in [-0.4, -0.2) is 70.1 Å². The Morgan fingerprint density at radius 1 is 1.15 bits per heavy atom. The maximum absolute atomic E-state index is 13.6. The summed E-state index contributed by atoms with van der Waals surface area (Å²) >= 11 is 0. The van der Waals surface area contributed by atoms with Crippen molar-refractivity contribution in [2.45, 2.75) is 20.0 Å². The summed E-state index contributed by atoms with van der Waals surface area (Å²) in [5, 5.41) is 0. The van der Waals surface area contributed by atoms with E-state index < -0.39 is 0 Å². The normalized spacial score (nSPS) is 19.1. The number of rotatable bonds is 5. The zero-order valence-electron chi connectivity index (χ0n) is 19.4. The van der Waals surface area contributed by atoms with E-state index in [-0.39, 0.29) is 11.2 Å². The van der Waals surface area contributed by atoms with Crippen molar-refractivity contribution in [3.63, 3.8) is 0 Å². The minimum Gasteiger partial charge on any atom is -0.497 e. The summed E-state index contributed by atoms with van der Waals surface area (Å²) in [7, 11) is 3.33. The Bertz CT molecular complexity index is 1290. The van der Waals surface area contributed by atoms with E-state index in [1.54, 1.807) is 14.2 Å². The molecule has 4 heterocycles. The van der Waals surface area contributed by atoms with Crippen LogP contribution in [0.3, 0.4) is 0 Å². The molecule has 0 aliphatic carbocycles. The highest BCUT2D eigenvalue weighted by Gasteiger charge is 2.30.